The second kappa shape index (κ2) is 6.31. The molecule has 2 amide bonds. The van der Waals surface area contributed by atoms with Crippen molar-refractivity contribution in [1.82, 2.24) is 10.6 Å². The van der Waals surface area contributed by atoms with Crippen LogP contribution in [0.2, 0.25) is 0 Å². The Kier molecular flexibility index (Phi) is 4.48. The summed E-state index contributed by atoms with van der Waals surface area (Å²) in [6, 6.07) is 7.98. The van der Waals surface area contributed by atoms with Gasteiger partial charge < -0.3 is 20.5 Å². The van der Waals surface area contributed by atoms with Crippen molar-refractivity contribution in [3.05, 3.63) is 35.9 Å². The number of hydrogen-bond acceptors (Lipinski definition) is 4. The van der Waals surface area contributed by atoms with E-state index in [2.05, 4.69) is 10.6 Å². The molecule has 3 N–H and O–H groups in total. The summed E-state index contributed by atoms with van der Waals surface area (Å²) in [5.74, 6) is -0.734. The lowest BCUT2D eigenvalue weighted by atomic mass is 10.1. The molecule has 2 atom stereocenters. The number of ether oxygens (including phenoxy) is 1. The van der Waals surface area contributed by atoms with E-state index in [-0.39, 0.29) is 12.5 Å². The van der Waals surface area contributed by atoms with Gasteiger partial charge in [0.05, 0.1) is 19.8 Å². The Morgan fingerprint density at radius 1 is 1.05 bits per heavy atom. The number of benzene rings is 1. The van der Waals surface area contributed by atoms with Gasteiger partial charge in [0.2, 0.25) is 11.8 Å². The van der Waals surface area contributed by atoms with E-state index in [0.29, 0.717) is 6.61 Å². The van der Waals surface area contributed by atoms with Crippen LogP contribution >= 0.6 is 0 Å². The third kappa shape index (κ3) is 3.52. The van der Waals surface area contributed by atoms with Crippen molar-refractivity contribution in [1.29, 1.82) is 0 Å². The highest BCUT2D eigenvalue weighted by molar-refractivity contribution is 5.97. The molecular weight excluding hydrogens is 248 g/mol. The molecule has 2 rings (SSSR count). The van der Waals surface area contributed by atoms with Gasteiger partial charge in [0, 0.05) is 0 Å². The topological polar surface area (TPSA) is 87.7 Å². The van der Waals surface area contributed by atoms with Gasteiger partial charge in [-0.15, -0.1) is 0 Å². The van der Waals surface area contributed by atoms with Crippen LogP contribution in [0.5, 0.6) is 0 Å². The maximum Gasteiger partial charge on any atom is 0.245 e. The standard InChI is InChI=1S/C13H16N2O4/c16-6-10-12(17)15-11(13(18)14-10)8-19-7-9-4-2-1-3-5-9/h1-5,10-11,16H,6-8H2,(H,14,18)(H,15,17)/t10-,11-/m0/s1. The molecule has 0 aliphatic carbocycles. The van der Waals surface area contributed by atoms with E-state index in [9.17, 15) is 9.59 Å². The minimum Gasteiger partial charge on any atom is -0.394 e. The second-order valence-electron chi connectivity index (χ2n) is 4.31. The van der Waals surface area contributed by atoms with Gasteiger partial charge in [0.25, 0.3) is 0 Å². The Bertz CT molecular complexity index is 449. The lowest BCUT2D eigenvalue weighted by molar-refractivity contribution is -0.139. The van der Waals surface area contributed by atoms with Gasteiger partial charge in [-0.05, 0) is 5.56 Å². The van der Waals surface area contributed by atoms with Crippen LogP contribution in [0.1, 0.15) is 5.56 Å². The van der Waals surface area contributed by atoms with Crippen LogP contribution in [0.25, 0.3) is 0 Å². The number of carbonyl (C=O) groups excluding carboxylic acids is 2. The highest BCUT2D eigenvalue weighted by atomic mass is 16.5. The first-order chi connectivity index (χ1) is 9.20. The molecule has 0 aromatic heterocycles. The lowest BCUT2D eigenvalue weighted by Gasteiger charge is -2.28. The zero-order valence-electron chi connectivity index (χ0n) is 10.3. The van der Waals surface area contributed by atoms with Crippen molar-refractivity contribution in [2.75, 3.05) is 13.2 Å². The summed E-state index contributed by atoms with van der Waals surface area (Å²) in [6.07, 6.45) is 0. The third-order valence-corrected chi connectivity index (χ3v) is 2.84. The minimum atomic E-state index is -0.863. The van der Waals surface area contributed by atoms with Gasteiger partial charge in [0.15, 0.2) is 0 Å². The Morgan fingerprint density at radius 3 is 2.37 bits per heavy atom. The first-order valence-corrected chi connectivity index (χ1v) is 6.04. The SMILES string of the molecule is O=C1N[C@@H](COCc2ccccc2)C(=O)N[C@H]1CO. The fourth-order valence-corrected chi connectivity index (χ4v) is 1.79. The van der Waals surface area contributed by atoms with Gasteiger partial charge >= 0.3 is 0 Å². The summed E-state index contributed by atoms with van der Waals surface area (Å²) >= 11 is 0. The first-order valence-electron chi connectivity index (χ1n) is 6.04. The van der Waals surface area contributed by atoms with Crippen molar-refractivity contribution in [2.45, 2.75) is 18.7 Å². The van der Waals surface area contributed by atoms with Gasteiger partial charge in [-0.3, -0.25) is 9.59 Å². The Morgan fingerprint density at radius 2 is 1.68 bits per heavy atom. The highest BCUT2D eigenvalue weighted by Gasteiger charge is 2.33. The molecule has 1 heterocycles. The number of nitrogens with one attached hydrogen (secondary N) is 2. The van der Waals surface area contributed by atoms with Crippen LogP contribution in [0.15, 0.2) is 30.3 Å². The molecule has 1 aliphatic heterocycles. The second-order valence-corrected chi connectivity index (χ2v) is 4.31. The Balaban J connectivity index is 1.80. The number of amides is 2. The number of piperazine rings is 1. The third-order valence-electron chi connectivity index (χ3n) is 2.84. The number of hydrogen-bond donors (Lipinski definition) is 3. The highest BCUT2D eigenvalue weighted by Crippen LogP contribution is 2.03. The molecule has 0 unspecified atom stereocenters. The number of aliphatic hydroxyl groups is 1. The quantitative estimate of drug-likeness (QED) is 0.648. The fraction of sp³-hybridized carbons (Fsp3) is 0.385. The number of aliphatic hydroxyl groups excluding tert-OH is 1. The molecule has 1 aromatic carbocycles. The molecule has 0 spiro atoms. The summed E-state index contributed by atoms with van der Waals surface area (Å²) in [5.41, 5.74) is 0.998. The van der Waals surface area contributed by atoms with Crippen molar-refractivity contribution >= 4 is 11.8 Å². The molecule has 6 heteroatoms. The number of rotatable bonds is 5. The van der Waals surface area contributed by atoms with Crippen LogP contribution in [-0.2, 0) is 20.9 Å². The summed E-state index contributed by atoms with van der Waals surface area (Å²) in [6.45, 7) is 0.0731. The molecule has 0 bridgehead atoms. The molecule has 1 aromatic rings. The van der Waals surface area contributed by atoms with E-state index in [1.165, 1.54) is 0 Å². The normalized spacial score (nSPS) is 22.8. The van der Waals surface area contributed by atoms with Crippen molar-refractivity contribution in [2.24, 2.45) is 0 Å². The van der Waals surface area contributed by atoms with E-state index in [1.54, 1.807) is 0 Å². The minimum absolute atomic E-state index is 0.102. The van der Waals surface area contributed by atoms with E-state index in [1.807, 2.05) is 30.3 Å². The molecule has 19 heavy (non-hydrogen) atoms. The Labute approximate surface area is 110 Å². The molecule has 1 saturated heterocycles. The van der Waals surface area contributed by atoms with Crippen LogP contribution in [0, 0.1) is 0 Å². The van der Waals surface area contributed by atoms with Crippen molar-refractivity contribution < 1.29 is 19.4 Å². The van der Waals surface area contributed by atoms with Gasteiger partial charge in [-0.25, -0.2) is 0 Å². The predicted molar refractivity (Wildman–Crippen MR) is 67.0 cm³/mol. The predicted octanol–water partition coefficient (Wildman–Crippen LogP) is -0.821. The largest absolute Gasteiger partial charge is 0.394 e. The van der Waals surface area contributed by atoms with Crippen molar-refractivity contribution in [3.8, 4) is 0 Å². The van der Waals surface area contributed by atoms with Gasteiger partial charge in [-0.2, -0.15) is 0 Å². The van der Waals surface area contributed by atoms with E-state index in [0.717, 1.165) is 5.56 Å². The molecule has 6 nitrogen and oxygen atoms in total. The average molecular weight is 264 g/mol. The molecule has 0 saturated carbocycles. The smallest absolute Gasteiger partial charge is 0.245 e. The van der Waals surface area contributed by atoms with Crippen molar-refractivity contribution in [3.63, 3.8) is 0 Å². The molecule has 1 fully saturated rings. The summed E-state index contributed by atoms with van der Waals surface area (Å²) in [5, 5.41) is 13.8. The Hall–Kier alpha value is -1.92. The average Bonchev–Trinajstić information content (AvgIpc) is 2.43. The molecule has 1 aliphatic rings. The summed E-state index contributed by atoms with van der Waals surface area (Å²) in [7, 11) is 0. The lowest BCUT2D eigenvalue weighted by Crippen LogP contribution is -2.64. The zero-order chi connectivity index (χ0) is 13.7. The van der Waals surface area contributed by atoms with Gasteiger partial charge in [0.1, 0.15) is 12.1 Å². The zero-order valence-corrected chi connectivity index (χ0v) is 10.3. The monoisotopic (exact) mass is 264 g/mol. The van der Waals surface area contributed by atoms with E-state index >= 15 is 0 Å². The van der Waals surface area contributed by atoms with E-state index < -0.39 is 24.6 Å². The fourth-order valence-electron chi connectivity index (χ4n) is 1.79. The maximum absolute atomic E-state index is 11.6. The van der Waals surface area contributed by atoms with Crippen LogP contribution in [-0.4, -0.2) is 42.2 Å². The molecular formula is C13H16N2O4. The first kappa shape index (κ1) is 13.5. The van der Waals surface area contributed by atoms with Gasteiger partial charge in [-0.1, -0.05) is 30.3 Å². The van der Waals surface area contributed by atoms with Crippen LogP contribution < -0.4 is 10.6 Å². The maximum atomic E-state index is 11.6. The molecule has 0 radical (unpaired) electrons. The van der Waals surface area contributed by atoms with E-state index in [4.69, 9.17) is 9.84 Å². The summed E-state index contributed by atoms with van der Waals surface area (Å²) in [4.78, 5) is 23.1. The van der Waals surface area contributed by atoms with Crippen LogP contribution in [0.4, 0.5) is 0 Å². The molecule has 102 valence electrons. The van der Waals surface area contributed by atoms with Crippen LogP contribution in [0.3, 0.4) is 0 Å². The summed E-state index contributed by atoms with van der Waals surface area (Å²) < 4.78 is 5.41. The number of carbonyl (C=O) groups is 2.